The molecule has 2 N–H and O–H groups in total. The van der Waals surface area contributed by atoms with E-state index in [-0.39, 0.29) is 4.90 Å². The lowest BCUT2D eigenvalue weighted by Crippen LogP contribution is -2.18. The Morgan fingerprint density at radius 3 is 2.38 bits per heavy atom. The number of hydrogen-bond acceptors (Lipinski definition) is 3. The van der Waals surface area contributed by atoms with Gasteiger partial charge in [-0.05, 0) is 30.8 Å². The predicted octanol–water partition coefficient (Wildman–Crippen LogP) is 0.985. The molecule has 1 heterocycles. The number of aromatic nitrogens is 2. The summed E-state index contributed by atoms with van der Waals surface area (Å²) in [7, 11) is -1.97. The highest BCUT2D eigenvalue weighted by Crippen LogP contribution is 2.18. The van der Waals surface area contributed by atoms with Gasteiger partial charge in [-0.3, -0.25) is 5.10 Å². The smallest absolute Gasteiger partial charge is 0.240 e. The summed E-state index contributed by atoms with van der Waals surface area (Å²) in [5, 5.41) is 6.64. The van der Waals surface area contributed by atoms with Crippen LogP contribution < -0.4 is 4.72 Å². The molecule has 16 heavy (non-hydrogen) atoms. The standard InChI is InChI=1S/C10H11N3O2S/c1-11-16(14,15)9-4-2-8(3-5-9)10-6-7-12-13-10/h2-7,11H,1H3,(H,12,13). The van der Waals surface area contributed by atoms with E-state index < -0.39 is 10.0 Å². The largest absolute Gasteiger partial charge is 0.278 e. The molecule has 2 aromatic rings. The monoisotopic (exact) mass is 237 g/mol. The van der Waals surface area contributed by atoms with E-state index in [0.717, 1.165) is 11.3 Å². The first-order valence-corrected chi connectivity index (χ1v) is 6.15. The Morgan fingerprint density at radius 1 is 1.19 bits per heavy atom. The zero-order valence-corrected chi connectivity index (χ0v) is 9.45. The maximum absolute atomic E-state index is 11.5. The molecule has 6 heteroatoms. The summed E-state index contributed by atoms with van der Waals surface area (Å²) in [6.45, 7) is 0. The van der Waals surface area contributed by atoms with Crippen molar-refractivity contribution in [1.29, 1.82) is 0 Å². The zero-order chi connectivity index (χ0) is 11.6. The number of rotatable bonds is 3. The highest BCUT2D eigenvalue weighted by molar-refractivity contribution is 7.89. The van der Waals surface area contributed by atoms with Crippen LogP contribution >= 0.6 is 0 Å². The molecule has 0 aliphatic carbocycles. The summed E-state index contributed by atoms with van der Waals surface area (Å²) < 4.78 is 25.2. The molecular weight excluding hydrogens is 226 g/mol. The van der Waals surface area contributed by atoms with E-state index in [0.29, 0.717) is 0 Å². The van der Waals surface area contributed by atoms with Crippen LogP contribution in [0.3, 0.4) is 0 Å². The molecule has 0 amide bonds. The van der Waals surface area contributed by atoms with Gasteiger partial charge in [0.25, 0.3) is 0 Å². The van der Waals surface area contributed by atoms with E-state index in [1.165, 1.54) is 7.05 Å². The Balaban J connectivity index is 2.38. The number of hydrogen-bond donors (Lipinski definition) is 2. The summed E-state index contributed by atoms with van der Waals surface area (Å²) in [4.78, 5) is 0.248. The number of sulfonamides is 1. The number of nitrogens with one attached hydrogen (secondary N) is 2. The molecule has 0 fully saturated rings. The molecule has 5 nitrogen and oxygen atoms in total. The molecule has 0 aliphatic rings. The number of aromatic amines is 1. The van der Waals surface area contributed by atoms with Gasteiger partial charge in [-0.25, -0.2) is 13.1 Å². The van der Waals surface area contributed by atoms with Crippen LogP contribution in [0.4, 0.5) is 0 Å². The first-order valence-electron chi connectivity index (χ1n) is 4.67. The molecule has 0 unspecified atom stereocenters. The second-order valence-corrected chi connectivity index (χ2v) is 5.09. The van der Waals surface area contributed by atoms with Gasteiger partial charge in [0.05, 0.1) is 10.6 Å². The van der Waals surface area contributed by atoms with Gasteiger partial charge in [-0.15, -0.1) is 0 Å². The fourth-order valence-corrected chi connectivity index (χ4v) is 2.08. The van der Waals surface area contributed by atoms with Gasteiger partial charge in [0.15, 0.2) is 0 Å². The molecule has 1 aromatic heterocycles. The Kier molecular flexibility index (Phi) is 2.76. The van der Waals surface area contributed by atoms with Crippen LogP contribution in [0.15, 0.2) is 41.4 Å². The van der Waals surface area contributed by atoms with Crippen molar-refractivity contribution in [3.63, 3.8) is 0 Å². The summed E-state index contributed by atoms with van der Waals surface area (Å²) in [6, 6.07) is 8.40. The van der Waals surface area contributed by atoms with Gasteiger partial charge in [0.1, 0.15) is 0 Å². The highest BCUT2D eigenvalue weighted by Gasteiger charge is 2.10. The van der Waals surface area contributed by atoms with Gasteiger partial charge in [-0.2, -0.15) is 5.10 Å². The van der Waals surface area contributed by atoms with Crippen molar-refractivity contribution in [3.8, 4) is 11.3 Å². The van der Waals surface area contributed by atoms with Crippen molar-refractivity contribution in [2.24, 2.45) is 0 Å². The van der Waals surface area contributed by atoms with Gasteiger partial charge in [0, 0.05) is 6.20 Å². The zero-order valence-electron chi connectivity index (χ0n) is 8.64. The first kappa shape index (κ1) is 10.8. The normalized spacial score (nSPS) is 11.6. The maximum atomic E-state index is 11.5. The third-order valence-electron chi connectivity index (χ3n) is 2.25. The van der Waals surface area contributed by atoms with Crippen molar-refractivity contribution in [1.82, 2.24) is 14.9 Å². The van der Waals surface area contributed by atoms with Crippen LogP contribution in [0.1, 0.15) is 0 Å². The lowest BCUT2D eigenvalue weighted by atomic mass is 10.2. The lowest BCUT2D eigenvalue weighted by Gasteiger charge is -2.03. The first-order chi connectivity index (χ1) is 7.63. The summed E-state index contributed by atoms with van der Waals surface area (Å²) >= 11 is 0. The predicted molar refractivity (Wildman–Crippen MR) is 60.3 cm³/mol. The Bertz CT molecular complexity index is 559. The minimum absolute atomic E-state index is 0.248. The molecule has 0 spiro atoms. The van der Waals surface area contributed by atoms with Gasteiger partial charge >= 0.3 is 0 Å². The number of benzene rings is 1. The minimum atomic E-state index is -3.36. The van der Waals surface area contributed by atoms with Crippen LogP contribution in [0.25, 0.3) is 11.3 Å². The molecule has 84 valence electrons. The van der Waals surface area contributed by atoms with Crippen molar-refractivity contribution in [2.75, 3.05) is 7.05 Å². The molecular formula is C10H11N3O2S. The van der Waals surface area contributed by atoms with Crippen LogP contribution in [-0.2, 0) is 10.0 Å². The molecule has 0 radical (unpaired) electrons. The molecule has 2 rings (SSSR count). The third-order valence-corrected chi connectivity index (χ3v) is 3.68. The van der Waals surface area contributed by atoms with Crippen molar-refractivity contribution in [2.45, 2.75) is 4.90 Å². The quantitative estimate of drug-likeness (QED) is 0.835. The Hall–Kier alpha value is -1.66. The molecule has 0 saturated carbocycles. The second kappa shape index (κ2) is 4.07. The van der Waals surface area contributed by atoms with Crippen molar-refractivity contribution < 1.29 is 8.42 Å². The molecule has 1 aromatic carbocycles. The summed E-state index contributed by atoms with van der Waals surface area (Å²) in [5.74, 6) is 0. The number of nitrogens with zero attached hydrogens (tertiary/aromatic N) is 1. The second-order valence-electron chi connectivity index (χ2n) is 3.20. The van der Waals surface area contributed by atoms with E-state index in [1.807, 2.05) is 6.07 Å². The highest BCUT2D eigenvalue weighted by atomic mass is 32.2. The minimum Gasteiger partial charge on any atom is -0.278 e. The van der Waals surface area contributed by atoms with Gasteiger partial charge in [-0.1, -0.05) is 12.1 Å². The molecule has 0 saturated heterocycles. The lowest BCUT2D eigenvalue weighted by molar-refractivity contribution is 0.588. The topological polar surface area (TPSA) is 74.8 Å². The van der Waals surface area contributed by atoms with E-state index in [9.17, 15) is 8.42 Å². The fourth-order valence-electron chi connectivity index (χ4n) is 1.35. The van der Waals surface area contributed by atoms with Crippen LogP contribution in [-0.4, -0.2) is 25.7 Å². The average Bonchev–Trinajstić information content (AvgIpc) is 2.83. The van der Waals surface area contributed by atoms with E-state index in [4.69, 9.17) is 0 Å². The average molecular weight is 237 g/mol. The molecule has 0 aliphatic heterocycles. The third kappa shape index (κ3) is 1.98. The van der Waals surface area contributed by atoms with E-state index >= 15 is 0 Å². The molecule has 0 bridgehead atoms. The van der Waals surface area contributed by atoms with Crippen LogP contribution in [0, 0.1) is 0 Å². The van der Waals surface area contributed by atoms with Crippen LogP contribution in [0.2, 0.25) is 0 Å². The van der Waals surface area contributed by atoms with Gasteiger partial charge < -0.3 is 0 Å². The summed E-state index contributed by atoms with van der Waals surface area (Å²) in [5.41, 5.74) is 1.75. The van der Waals surface area contributed by atoms with Crippen molar-refractivity contribution in [3.05, 3.63) is 36.5 Å². The van der Waals surface area contributed by atoms with Crippen LogP contribution in [0.5, 0.6) is 0 Å². The fraction of sp³-hybridized carbons (Fsp3) is 0.100. The Morgan fingerprint density at radius 2 is 1.88 bits per heavy atom. The van der Waals surface area contributed by atoms with E-state index in [2.05, 4.69) is 14.9 Å². The number of H-pyrrole nitrogens is 1. The maximum Gasteiger partial charge on any atom is 0.240 e. The van der Waals surface area contributed by atoms with Gasteiger partial charge in [0.2, 0.25) is 10.0 Å². The SMILES string of the molecule is CNS(=O)(=O)c1ccc(-c2ccn[nH]2)cc1. The summed E-state index contributed by atoms with van der Waals surface area (Å²) in [6.07, 6.45) is 1.65. The Labute approximate surface area is 93.6 Å². The van der Waals surface area contributed by atoms with Crippen molar-refractivity contribution >= 4 is 10.0 Å². The molecule has 0 atom stereocenters. The van der Waals surface area contributed by atoms with E-state index in [1.54, 1.807) is 30.5 Å².